The van der Waals surface area contributed by atoms with E-state index in [0.717, 1.165) is 0 Å². The Bertz CT molecular complexity index is 1090. The molecule has 2 aliphatic heterocycles. The fourth-order valence-electron chi connectivity index (χ4n) is 4.95. The summed E-state index contributed by atoms with van der Waals surface area (Å²) in [7, 11) is 0. The Kier molecular flexibility index (Phi) is 4.49. The predicted octanol–water partition coefficient (Wildman–Crippen LogP) is 2.11. The van der Waals surface area contributed by atoms with Gasteiger partial charge in [0.15, 0.2) is 0 Å². The van der Waals surface area contributed by atoms with Gasteiger partial charge in [0.2, 0.25) is 11.7 Å². The molecule has 0 radical (unpaired) electrons. The first kappa shape index (κ1) is 18.7. The van der Waals surface area contributed by atoms with E-state index in [1.165, 1.54) is 15.6 Å². The third-order valence-corrected chi connectivity index (χ3v) is 6.39. The van der Waals surface area contributed by atoms with E-state index < -0.39 is 0 Å². The van der Waals surface area contributed by atoms with Crippen LogP contribution in [0.15, 0.2) is 42.7 Å². The number of rotatable bonds is 3. The number of nitrogens with zero attached hydrogens (tertiary/aromatic N) is 6. The number of fused-ring (bicyclic) bond motifs is 2. The number of likely N-dealkylation sites (tertiary alicyclic amines) is 2. The Balaban J connectivity index is 1.43. The van der Waals surface area contributed by atoms with Crippen LogP contribution in [-0.4, -0.2) is 60.8 Å². The maximum atomic E-state index is 13.1. The van der Waals surface area contributed by atoms with Crippen LogP contribution in [-0.2, 0) is 4.79 Å². The van der Waals surface area contributed by atoms with E-state index in [0.29, 0.717) is 31.8 Å². The lowest BCUT2D eigenvalue weighted by Crippen LogP contribution is -2.37. The number of hydrogen-bond donors (Lipinski definition) is 0. The number of carbonyl (C=O) groups excluding carboxylic acids is 2. The fourth-order valence-corrected chi connectivity index (χ4v) is 4.95. The molecule has 2 fully saturated rings. The Labute approximate surface area is 174 Å². The lowest BCUT2D eigenvalue weighted by atomic mass is 9.87. The summed E-state index contributed by atoms with van der Waals surface area (Å²) in [5, 5.41) is 4.29. The van der Waals surface area contributed by atoms with Gasteiger partial charge in [0.05, 0.1) is 6.04 Å². The normalized spacial score (nSPS) is 23.2. The van der Waals surface area contributed by atoms with E-state index >= 15 is 0 Å². The average Bonchev–Trinajstić information content (AvgIpc) is 3.45. The van der Waals surface area contributed by atoms with Crippen molar-refractivity contribution in [2.75, 3.05) is 19.6 Å². The summed E-state index contributed by atoms with van der Waals surface area (Å²) >= 11 is 0. The van der Waals surface area contributed by atoms with Gasteiger partial charge >= 0.3 is 0 Å². The van der Waals surface area contributed by atoms with E-state index in [1.54, 1.807) is 18.5 Å². The highest BCUT2D eigenvalue weighted by atomic mass is 16.2. The average molecular weight is 404 g/mol. The van der Waals surface area contributed by atoms with Crippen LogP contribution in [0.25, 0.3) is 5.78 Å². The molecule has 0 unspecified atom stereocenters. The van der Waals surface area contributed by atoms with E-state index in [2.05, 4.69) is 34.1 Å². The van der Waals surface area contributed by atoms with Gasteiger partial charge in [0.1, 0.15) is 0 Å². The molecule has 2 aromatic heterocycles. The standard InChI is InChI=1S/C22H24N6O2/c1-3-18(29)27-12-15-11-26(13-17(15)19(27)16-8-5-4-7-14(16)2)21(30)20-24-22-23-9-6-10-28(22)25-20/h4-10,15,17,19H,3,11-13H2,1-2H3/t15-,17-,19+/m0/s1. The van der Waals surface area contributed by atoms with Gasteiger partial charge in [-0.25, -0.2) is 9.50 Å². The third kappa shape index (κ3) is 2.94. The van der Waals surface area contributed by atoms with Gasteiger partial charge in [-0.1, -0.05) is 31.2 Å². The smallest absolute Gasteiger partial charge is 0.293 e. The van der Waals surface area contributed by atoms with Crippen LogP contribution in [0.4, 0.5) is 0 Å². The molecule has 0 aliphatic carbocycles. The van der Waals surface area contributed by atoms with Crippen LogP contribution in [0.5, 0.6) is 0 Å². The summed E-state index contributed by atoms with van der Waals surface area (Å²) in [4.78, 5) is 38.1. The van der Waals surface area contributed by atoms with Crippen molar-refractivity contribution in [2.45, 2.75) is 26.3 Å². The van der Waals surface area contributed by atoms with Crippen molar-refractivity contribution >= 4 is 17.6 Å². The molecular weight excluding hydrogens is 380 g/mol. The number of hydrogen-bond acceptors (Lipinski definition) is 5. The maximum Gasteiger partial charge on any atom is 0.293 e. The Morgan fingerprint density at radius 2 is 1.97 bits per heavy atom. The van der Waals surface area contributed by atoms with Crippen molar-refractivity contribution in [3.8, 4) is 0 Å². The second-order valence-electron chi connectivity index (χ2n) is 8.13. The number of aryl methyl sites for hydroxylation is 1. The van der Waals surface area contributed by atoms with E-state index in [-0.39, 0.29) is 35.5 Å². The quantitative estimate of drug-likeness (QED) is 0.668. The van der Waals surface area contributed by atoms with Gasteiger partial charge in [0, 0.05) is 50.3 Å². The summed E-state index contributed by atoms with van der Waals surface area (Å²) < 4.78 is 1.52. The highest BCUT2D eigenvalue weighted by molar-refractivity contribution is 5.91. The lowest BCUT2D eigenvalue weighted by Gasteiger charge is -2.30. The molecule has 2 amide bonds. The monoisotopic (exact) mass is 404 g/mol. The number of carbonyl (C=O) groups is 2. The zero-order valence-corrected chi connectivity index (χ0v) is 17.1. The summed E-state index contributed by atoms with van der Waals surface area (Å²) in [6.07, 6.45) is 3.85. The minimum Gasteiger partial charge on any atom is -0.335 e. The van der Waals surface area contributed by atoms with E-state index in [4.69, 9.17) is 0 Å². The molecule has 5 rings (SSSR count). The van der Waals surface area contributed by atoms with Crippen molar-refractivity contribution < 1.29 is 9.59 Å². The summed E-state index contributed by atoms with van der Waals surface area (Å²) in [5.41, 5.74) is 2.35. The minimum atomic E-state index is -0.174. The molecule has 2 saturated heterocycles. The Morgan fingerprint density at radius 3 is 2.73 bits per heavy atom. The number of benzene rings is 1. The molecule has 154 valence electrons. The van der Waals surface area contributed by atoms with Crippen LogP contribution < -0.4 is 0 Å². The number of aromatic nitrogens is 4. The van der Waals surface area contributed by atoms with Gasteiger partial charge in [-0.05, 0) is 24.1 Å². The highest BCUT2D eigenvalue weighted by Crippen LogP contribution is 2.46. The fraction of sp³-hybridized carbons (Fsp3) is 0.409. The molecular formula is C22H24N6O2. The van der Waals surface area contributed by atoms with Gasteiger partial charge in [-0.3, -0.25) is 9.59 Å². The predicted molar refractivity (Wildman–Crippen MR) is 110 cm³/mol. The SMILES string of the molecule is CCC(=O)N1C[C@@H]2CN(C(=O)c3nc4ncccn4n3)C[C@@H]2[C@H]1c1ccccc1C. The third-order valence-electron chi connectivity index (χ3n) is 6.39. The van der Waals surface area contributed by atoms with Gasteiger partial charge < -0.3 is 9.80 Å². The molecule has 1 aromatic carbocycles. The van der Waals surface area contributed by atoms with Crippen LogP contribution >= 0.6 is 0 Å². The Hall–Kier alpha value is -3.29. The summed E-state index contributed by atoms with van der Waals surface area (Å²) in [5.74, 6) is 1.04. The van der Waals surface area contributed by atoms with E-state index in [9.17, 15) is 9.59 Å². The Morgan fingerprint density at radius 1 is 1.13 bits per heavy atom. The van der Waals surface area contributed by atoms with Gasteiger partial charge in [-0.2, -0.15) is 4.98 Å². The first-order chi connectivity index (χ1) is 14.6. The van der Waals surface area contributed by atoms with Crippen LogP contribution in [0.3, 0.4) is 0 Å². The molecule has 0 bridgehead atoms. The lowest BCUT2D eigenvalue weighted by molar-refractivity contribution is -0.132. The molecule has 2 aliphatic rings. The molecule has 8 heteroatoms. The topological polar surface area (TPSA) is 83.7 Å². The zero-order chi connectivity index (χ0) is 20.8. The zero-order valence-electron chi connectivity index (χ0n) is 17.1. The van der Waals surface area contributed by atoms with Crippen molar-refractivity contribution in [1.29, 1.82) is 0 Å². The van der Waals surface area contributed by atoms with E-state index in [1.807, 2.05) is 28.9 Å². The van der Waals surface area contributed by atoms with Crippen LogP contribution in [0.1, 0.15) is 41.1 Å². The molecule has 3 atom stereocenters. The first-order valence-electron chi connectivity index (χ1n) is 10.4. The largest absolute Gasteiger partial charge is 0.335 e. The maximum absolute atomic E-state index is 13.1. The first-order valence-corrected chi connectivity index (χ1v) is 10.4. The molecule has 0 N–H and O–H groups in total. The van der Waals surface area contributed by atoms with Gasteiger partial charge in [0.25, 0.3) is 11.7 Å². The van der Waals surface area contributed by atoms with Crippen molar-refractivity contribution in [2.24, 2.45) is 11.8 Å². The molecule has 8 nitrogen and oxygen atoms in total. The number of amides is 2. The van der Waals surface area contributed by atoms with Crippen LogP contribution in [0, 0.1) is 18.8 Å². The van der Waals surface area contributed by atoms with Gasteiger partial charge in [-0.15, -0.1) is 5.10 Å². The molecule has 0 spiro atoms. The molecule has 30 heavy (non-hydrogen) atoms. The van der Waals surface area contributed by atoms with Crippen LogP contribution in [0.2, 0.25) is 0 Å². The molecule has 3 aromatic rings. The highest BCUT2D eigenvalue weighted by Gasteiger charge is 2.50. The van der Waals surface area contributed by atoms with Crippen molar-refractivity contribution in [3.05, 3.63) is 59.7 Å². The summed E-state index contributed by atoms with van der Waals surface area (Å²) in [6, 6.07) is 9.99. The molecule has 4 heterocycles. The second kappa shape index (κ2) is 7.19. The van der Waals surface area contributed by atoms with Crippen molar-refractivity contribution in [3.63, 3.8) is 0 Å². The summed E-state index contributed by atoms with van der Waals surface area (Å²) in [6.45, 7) is 5.88. The second-order valence-corrected chi connectivity index (χ2v) is 8.13. The minimum absolute atomic E-state index is 0.00264. The van der Waals surface area contributed by atoms with Crippen molar-refractivity contribution in [1.82, 2.24) is 29.4 Å². The molecule has 0 saturated carbocycles.